The highest BCUT2D eigenvalue weighted by molar-refractivity contribution is 5.94. The Labute approximate surface area is 146 Å². The lowest BCUT2D eigenvalue weighted by Gasteiger charge is -2.16. The Kier molecular flexibility index (Phi) is 7.10. The number of rotatable bonds is 8. The van der Waals surface area contributed by atoms with Gasteiger partial charge in [-0.05, 0) is 24.3 Å². The lowest BCUT2D eigenvalue weighted by atomic mass is 10.1. The molecule has 0 aliphatic carbocycles. The molecule has 6 heteroatoms. The predicted molar refractivity (Wildman–Crippen MR) is 92.3 cm³/mol. The van der Waals surface area contributed by atoms with Crippen LogP contribution in [0, 0.1) is 5.82 Å². The Morgan fingerprint density at radius 2 is 1.80 bits per heavy atom. The van der Waals surface area contributed by atoms with Crippen LogP contribution < -0.4 is 10.6 Å². The molecular formula is C19H22FN2O3+. The van der Waals surface area contributed by atoms with Crippen LogP contribution in [0.5, 0.6) is 0 Å². The quantitative estimate of drug-likeness (QED) is 0.568. The van der Waals surface area contributed by atoms with Crippen molar-refractivity contribution in [3.05, 3.63) is 66.0 Å². The van der Waals surface area contributed by atoms with Crippen LogP contribution in [0.15, 0.2) is 54.6 Å². The number of hydrogen-bond acceptors (Lipinski definition) is 3. The standard InChI is InChI=1S/C19H21FN2O3/c1-25-17(23)8-5-13-21-18(14-6-3-2-4-7-14)19(24)22-16-11-9-15(20)10-12-16/h2-4,6-7,9-12,18,21H,5,8,13H2,1H3,(H,22,24)/p+1/t18-/m1/s1. The van der Waals surface area contributed by atoms with Crippen molar-refractivity contribution in [2.75, 3.05) is 19.0 Å². The number of benzene rings is 2. The highest BCUT2D eigenvalue weighted by Gasteiger charge is 2.24. The molecule has 2 rings (SSSR count). The summed E-state index contributed by atoms with van der Waals surface area (Å²) in [4.78, 5) is 23.8. The van der Waals surface area contributed by atoms with E-state index in [0.717, 1.165) is 5.56 Å². The molecule has 3 N–H and O–H groups in total. The fourth-order valence-corrected chi connectivity index (χ4v) is 2.44. The molecule has 2 aromatic rings. The molecule has 0 saturated carbocycles. The van der Waals surface area contributed by atoms with Crippen LogP contribution in [-0.2, 0) is 14.3 Å². The number of hydrogen-bond donors (Lipinski definition) is 2. The Morgan fingerprint density at radius 1 is 1.12 bits per heavy atom. The minimum absolute atomic E-state index is 0.198. The van der Waals surface area contributed by atoms with E-state index in [1.54, 1.807) is 0 Å². The van der Waals surface area contributed by atoms with E-state index in [4.69, 9.17) is 0 Å². The van der Waals surface area contributed by atoms with Gasteiger partial charge in [0.2, 0.25) is 0 Å². The Hall–Kier alpha value is -2.73. The zero-order valence-electron chi connectivity index (χ0n) is 14.1. The van der Waals surface area contributed by atoms with E-state index in [1.807, 2.05) is 35.6 Å². The number of nitrogens with one attached hydrogen (secondary N) is 1. The molecule has 25 heavy (non-hydrogen) atoms. The summed E-state index contributed by atoms with van der Waals surface area (Å²) in [7, 11) is 1.36. The summed E-state index contributed by atoms with van der Waals surface area (Å²) in [5.41, 5.74) is 1.40. The van der Waals surface area contributed by atoms with Crippen molar-refractivity contribution in [1.82, 2.24) is 0 Å². The number of esters is 1. The van der Waals surface area contributed by atoms with E-state index in [-0.39, 0.29) is 17.7 Å². The van der Waals surface area contributed by atoms with Crippen molar-refractivity contribution in [3.63, 3.8) is 0 Å². The second-order valence-corrected chi connectivity index (χ2v) is 5.59. The van der Waals surface area contributed by atoms with Crippen molar-refractivity contribution in [3.8, 4) is 0 Å². The number of anilines is 1. The SMILES string of the molecule is COC(=O)CCC[NH2+][C@@H](C(=O)Nc1ccc(F)cc1)c1ccccc1. The molecule has 0 aliphatic rings. The van der Waals surface area contributed by atoms with Crippen molar-refractivity contribution in [2.24, 2.45) is 0 Å². The van der Waals surface area contributed by atoms with Crippen LogP contribution in [0.3, 0.4) is 0 Å². The van der Waals surface area contributed by atoms with Gasteiger partial charge in [-0.2, -0.15) is 0 Å². The number of carbonyl (C=O) groups is 2. The van der Waals surface area contributed by atoms with Gasteiger partial charge < -0.3 is 15.4 Å². The average Bonchev–Trinajstić information content (AvgIpc) is 2.64. The zero-order chi connectivity index (χ0) is 18.1. The van der Waals surface area contributed by atoms with E-state index in [0.29, 0.717) is 25.1 Å². The minimum atomic E-state index is -0.455. The first kappa shape index (κ1) is 18.6. The largest absolute Gasteiger partial charge is 0.469 e. The molecular weight excluding hydrogens is 323 g/mol. The van der Waals surface area contributed by atoms with Crippen LogP contribution in [0.1, 0.15) is 24.4 Å². The van der Waals surface area contributed by atoms with Crippen LogP contribution in [0.25, 0.3) is 0 Å². The molecule has 0 fully saturated rings. The van der Waals surface area contributed by atoms with Crippen molar-refractivity contribution in [2.45, 2.75) is 18.9 Å². The maximum atomic E-state index is 13.0. The van der Waals surface area contributed by atoms with Gasteiger partial charge in [-0.3, -0.25) is 9.59 Å². The van der Waals surface area contributed by atoms with Gasteiger partial charge in [-0.25, -0.2) is 4.39 Å². The third-order valence-electron chi connectivity index (χ3n) is 3.77. The highest BCUT2D eigenvalue weighted by Crippen LogP contribution is 2.13. The lowest BCUT2D eigenvalue weighted by Crippen LogP contribution is -2.87. The Balaban J connectivity index is 2.02. The van der Waals surface area contributed by atoms with E-state index >= 15 is 0 Å². The first-order valence-corrected chi connectivity index (χ1v) is 8.11. The summed E-state index contributed by atoms with van der Waals surface area (Å²) in [6.07, 6.45) is 0.925. The molecule has 2 aromatic carbocycles. The third-order valence-corrected chi connectivity index (χ3v) is 3.77. The number of ether oxygens (including phenoxy) is 1. The molecule has 0 heterocycles. The maximum Gasteiger partial charge on any atom is 0.305 e. The Bertz CT molecular complexity index is 690. The first-order chi connectivity index (χ1) is 12.1. The summed E-state index contributed by atoms with van der Waals surface area (Å²) in [5.74, 6) is -0.816. The number of carbonyl (C=O) groups excluding carboxylic acids is 2. The van der Waals surface area contributed by atoms with Gasteiger partial charge in [0.05, 0.1) is 20.1 Å². The van der Waals surface area contributed by atoms with Crippen molar-refractivity contribution < 1.29 is 24.0 Å². The van der Waals surface area contributed by atoms with Crippen LogP contribution in [-0.4, -0.2) is 25.5 Å². The number of halogens is 1. The fourth-order valence-electron chi connectivity index (χ4n) is 2.44. The Morgan fingerprint density at radius 3 is 2.44 bits per heavy atom. The van der Waals surface area contributed by atoms with Crippen LogP contribution >= 0.6 is 0 Å². The second-order valence-electron chi connectivity index (χ2n) is 5.59. The first-order valence-electron chi connectivity index (χ1n) is 8.11. The van der Waals surface area contributed by atoms with Gasteiger partial charge in [0, 0.05) is 17.7 Å². The van der Waals surface area contributed by atoms with Crippen LogP contribution in [0.2, 0.25) is 0 Å². The predicted octanol–water partition coefficient (Wildman–Crippen LogP) is 2.02. The molecule has 5 nitrogen and oxygen atoms in total. The van der Waals surface area contributed by atoms with Gasteiger partial charge in [0.15, 0.2) is 6.04 Å². The minimum Gasteiger partial charge on any atom is -0.469 e. The van der Waals surface area contributed by atoms with Gasteiger partial charge in [0.1, 0.15) is 5.82 Å². The molecule has 0 spiro atoms. The molecule has 0 radical (unpaired) electrons. The molecule has 0 aromatic heterocycles. The number of methoxy groups -OCH3 is 1. The summed E-state index contributed by atoms with van der Waals surface area (Å²) < 4.78 is 17.6. The van der Waals surface area contributed by atoms with Gasteiger partial charge in [-0.15, -0.1) is 0 Å². The van der Waals surface area contributed by atoms with Crippen molar-refractivity contribution >= 4 is 17.6 Å². The monoisotopic (exact) mass is 345 g/mol. The van der Waals surface area contributed by atoms with E-state index in [1.165, 1.54) is 31.4 Å². The summed E-state index contributed by atoms with van der Waals surface area (Å²) in [6.45, 7) is 0.603. The topological polar surface area (TPSA) is 72.0 Å². The highest BCUT2D eigenvalue weighted by atomic mass is 19.1. The van der Waals surface area contributed by atoms with Gasteiger partial charge in [0.25, 0.3) is 5.91 Å². The molecule has 0 unspecified atom stereocenters. The smallest absolute Gasteiger partial charge is 0.305 e. The maximum absolute atomic E-state index is 13.0. The molecule has 0 aliphatic heterocycles. The zero-order valence-corrected chi connectivity index (χ0v) is 14.1. The normalized spacial score (nSPS) is 11.6. The molecule has 1 amide bonds. The number of nitrogens with two attached hydrogens (primary N) is 1. The molecule has 0 bridgehead atoms. The lowest BCUT2D eigenvalue weighted by molar-refractivity contribution is -0.682. The molecule has 1 atom stereocenters. The van der Waals surface area contributed by atoms with E-state index in [2.05, 4.69) is 10.1 Å². The number of amides is 1. The van der Waals surface area contributed by atoms with Gasteiger partial charge in [-0.1, -0.05) is 30.3 Å². The van der Waals surface area contributed by atoms with Gasteiger partial charge >= 0.3 is 5.97 Å². The molecule has 132 valence electrons. The molecule has 0 saturated heterocycles. The van der Waals surface area contributed by atoms with Crippen molar-refractivity contribution in [1.29, 1.82) is 0 Å². The second kappa shape index (κ2) is 9.54. The third kappa shape index (κ3) is 6.00. The summed E-state index contributed by atoms with van der Waals surface area (Å²) in [5, 5.41) is 4.69. The fraction of sp³-hybridized carbons (Fsp3) is 0.263. The summed E-state index contributed by atoms with van der Waals surface area (Å²) in [6, 6.07) is 14.6. The van der Waals surface area contributed by atoms with E-state index < -0.39 is 6.04 Å². The number of quaternary nitrogens is 1. The summed E-state index contributed by atoms with van der Waals surface area (Å²) >= 11 is 0. The van der Waals surface area contributed by atoms with E-state index in [9.17, 15) is 14.0 Å². The average molecular weight is 345 g/mol. The van der Waals surface area contributed by atoms with Crippen LogP contribution in [0.4, 0.5) is 10.1 Å².